The number of ether oxygens (including phenoxy) is 2. The third-order valence-electron chi connectivity index (χ3n) is 8.84. The molecule has 1 fully saturated rings. The number of halogens is 10. The van der Waals surface area contributed by atoms with Crippen molar-refractivity contribution in [1.29, 1.82) is 0 Å². The van der Waals surface area contributed by atoms with Gasteiger partial charge in [-0.15, -0.1) is 0 Å². The molecule has 0 radical (unpaired) electrons. The Morgan fingerprint density at radius 3 is 1.86 bits per heavy atom. The van der Waals surface area contributed by atoms with Crippen LogP contribution in [0, 0.1) is 29.1 Å². The standard InChI is InChI=1S/C38H34F10O2/c1-2-3-4-5-22-6-15-30(33(41)16-22)38(47,48)50-27-11-7-23(8-12-27)24-9-13-28(31(39)17-24)25-10-14-29(32(40)18-25)26-19-34(42)36(35(43)20-26)49-21-37(44,45)46/h6,9-10,13-20,23,27H,2-5,7-8,11-12,21H2,1H3. The van der Waals surface area contributed by atoms with Crippen LogP contribution in [-0.4, -0.2) is 18.9 Å². The van der Waals surface area contributed by atoms with Gasteiger partial charge in [-0.3, -0.25) is 0 Å². The van der Waals surface area contributed by atoms with E-state index >= 15 is 8.78 Å². The van der Waals surface area contributed by atoms with Crippen molar-refractivity contribution in [3.63, 3.8) is 0 Å². The van der Waals surface area contributed by atoms with Gasteiger partial charge in [0.15, 0.2) is 24.0 Å². The summed E-state index contributed by atoms with van der Waals surface area (Å²) in [6, 6.07) is 12.8. The fraction of sp³-hybridized carbons (Fsp3) is 0.368. The van der Waals surface area contributed by atoms with Gasteiger partial charge in [0.1, 0.15) is 17.5 Å². The Kier molecular flexibility index (Phi) is 11.5. The zero-order valence-electron chi connectivity index (χ0n) is 27.0. The fourth-order valence-corrected chi connectivity index (χ4v) is 6.26. The van der Waals surface area contributed by atoms with Gasteiger partial charge in [0.2, 0.25) is 0 Å². The minimum Gasteiger partial charge on any atom is -0.478 e. The summed E-state index contributed by atoms with van der Waals surface area (Å²) in [5.74, 6) is -7.00. The molecule has 0 atom stereocenters. The molecule has 0 aliphatic heterocycles. The summed E-state index contributed by atoms with van der Waals surface area (Å²) in [4.78, 5) is 0. The number of hydrogen-bond acceptors (Lipinski definition) is 2. The van der Waals surface area contributed by atoms with Gasteiger partial charge in [0.05, 0.1) is 11.7 Å². The summed E-state index contributed by atoms with van der Waals surface area (Å²) in [5, 5.41) is 0. The van der Waals surface area contributed by atoms with Gasteiger partial charge in [0.25, 0.3) is 0 Å². The molecule has 4 aromatic carbocycles. The van der Waals surface area contributed by atoms with Crippen molar-refractivity contribution in [1.82, 2.24) is 0 Å². The van der Waals surface area contributed by atoms with Crippen LogP contribution in [0.3, 0.4) is 0 Å². The van der Waals surface area contributed by atoms with E-state index in [1.165, 1.54) is 24.3 Å². The predicted molar refractivity (Wildman–Crippen MR) is 168 cm³/mol. The van der Waals surface area contributed by atoms with Gasteiger partial charge >= 0.3 is 12.3 Å². The molecule has 1 aliphatic rings. The van der Waals surface area contributed by atoms with E-state index in [0.29, 0.717) is 42.5 Å². The predicted octanol–water partition coefficient (Wildman–Crippen LogP) is 12.2. The first-order chi connectivity index (χ1) is 23.6. The van der Waals surface area contributed by atoms with Gasteiger partial charge in [-0.1, -0.05) is 50.1 Å². The Bertz CT molecular complexity index is 1770. The molecule has 4 aromatic rings. The van der Waals surface area contributed by atoms with Gasteiger partial charge in [-0.2, -0.15) is 22.0 Å². The van der Waals surface area contributed by atoms with Crippen LogP contribution in [0.1, 0.15) is 74.5 Å². The Balaban J connectivity index is 1.21. The maximum atomic E-state index is 15.3. The largest absolute Gasteiger partial charge is 0.478 e. The van der Waals surface area contributed by atoms with E-state index in [1.54, 1.807) is 6.07 Å². The molecule has 12 heteroatoms. The molecule has 0 saturated heterocycles. The van der Waals surface area contributed by atoms with Crippen molar-refractivity contribution < 1.29 is 53.4 Å². The maximum absolute atomic E-state index is 15.3. The lowest BCUT2D eigenvalue weighted by molar-refractivity contribution is -0.278. The molecule has 0 aromatic heterocycles. The number of rotatable bonds is 12. The average Bonchev–Trinajstić information content (AvgIpc) is 3.04. The summed E-state index contributed by atoms with van der Waals surface area (Å²) >= 11 is 0. The molecule has 0 N–H and O–H groups in total. The Morgan fingerprint density at radius 2 is 1.26 bits per heavy atom. The van der Waals surface area contributed by atoms with Crippen LogP contribution in [0.2, 0.25) is 0 Å². The van der Waals surface area contributed by atoms with E-state index < -0.39 is 65.4 Å². The van der Waals surface area contributed by atoms with Gasteiger partial charge in [-0.05, 0) is 103 Å². The van der Waals surface area contributed by atoms with E-state index in [4.69, 9.17) is 4.74 Å². The van der Waals surface area contributed by atoms with Crippen molar-refractivity contribution in [2.45, 2.75) is 82.6 Å². The summed E-state index contributed by atoms with van der Waals surface area (Å²) in [6.07, 6.45) is -4.79. The van der Waals surface area contributed by atoms with Crippen molar-refractivity contribution in [2.75, 3.05) is 6.61 Å². The Morgan fingerprint density at radius 1 is 0.640 bits per heavy atom. The summed E-state index contributed by atoms with van der Waals surface area (Å²) in [6.45, 7) is 0.117. The zero-order valence-corrected chi connectivity index (χ0v) is 27.0. The highest BCUT2D eigenvalue weighted by molar-refractivity contribution is 5.72. The highest BCUT2D eigenvalue weighted by Crippen LogP contribution is 2.41. The maximum Gasteiger partial charge on any atom is 0.422 e. The third kappa shape index (κ3) is 8.99. The average molecular weight is 713 g/mol. The fourth-order valence-electron chi connectivity index (χ4n) is 6.26. The lowest BCUT2D eigenvalue weighted by Gasteiger charge is -2.31. The van der Waals surface area contributed by atoms with Crippen LogP contribution in [-0.2, 0) is 17.3 Å². The van der Waals surface area contributed by atoms with Crippen molar-refractivity contribution in [3.05, 3.63) is 113 Å². The lowest BCUT2D eigenvalue weighted by Crippen LogP contribution is -2.30. The monoisotopic (exact) mass is 712 g/mol. The minimum atomic E-state index is -4.83. The normalized spacial score (nSPS) is 16.9. The molecule has 2 nitrogen and oxygen atoms in total. The van der Waals surface area contributed by atoms with Crippen LogP contribution in [0.25, 0.3) is 22.3 Å². The Labute approximate surface area is 283 Å². The first-order valence-electron chi connectivity index (χ1n) is 16.3. The summed E-state index contributed by atoms with van der Waals surface area (Å²) in [7, 11) is 0. The molecule has 0 unspecified atom stereocenters. The summed E-state index contributed by atoms with van der Waals surface area (Å²) in [5.41, 5.74) is -0.001000. The first-order valence-corrected chi connectivity index (χ1v) is 16.3. The number of unbranched alkanes of at least 4 members (excludes halogenated alkanes) is 2. The minimum absolute atomic E-state index is 0.0301. The number of alkyl halides is 5. The zero-order chi connectivity index (χ0) is 36.2. The van der Waals surface area contributed by atoms with Crippen LogP contribution in [0.15, 0.2) is 66.7 Å². The van der Waals surface area contributed by atoms with Crippen molar-refractivity contribution in [3.8, 4) is 28.0 Å². The molecule has 0 heterocycles. The van der Waals surface area contributed by atoms with Gasteiger partial charge in [-0.25, -0.2) is 22.0 Å². The molecule has 0 spiro atoms. The number of benzene rings is 4. The molecule has 0 amide bonds. The second-order valence-electron chi connectivity index (χ2n) is 12.5. The number of hydrogen-bond donors (Lipinski definition) is 0. The van der Waals surface area contributed by atoms with Crippen LogP contribution in [0.4, 0.5) is 43.9 Å². The molecule has 1 saturated carbocycles. The van der Waals surface area contributed by atoms with Gasteiger partial charge in [0, 0.05) is 11.1 Å². The van der Waals surface area contributed by atoms with Crippen molar-refractivity contribution >= 4 is 0 Å². The molecular formula is C38H34F10O2. The smallest absolute Gasteiger partial charge is 0.422 e. The molecule has 268 valence electrons. The highest BCUT2D eigenvalue weighted by atomic mass is 19.4. The van der Waals surface area contributed by atoms with E-state index in [-0.39, 0.29) is 41.0 Å². The molecule has 0 bridgehead atoms. The van der Waals surface area contributed by atoms with Crippen molar-refractivity contribution in [2.24, 2.45) is 0 Å². The third-order valence-corrected chi connectivity index (χ3v) is 8.84. The number of aryl methyl sites for hydroxylation is 1. The van der Waals surface area contributed by atoms with Crippen LogP contribution >= 0.6 is 0 Å². The quantitative estimate of drug-likeness (QED) is 0.108. The van der Waals surface area contributed by atoms with E-state index in [2.05, 4.69) is 4.74 Å². The van der Waals surface area contributed by atoms with Crippen LogP contribution < -0.4 is 4.74 Å². The molecule has 50 heavy (non-hydrogen) atoms. The molecule has 1 aliphatic carbocycles. The SMILES string of the molecule is CCCCCc1ccc(C(F)(F)OC2CCC(c3ccc(-c4ccc(-c5cc(F)c(OCC(F)(F)F)c(F)c5)c(F)c4)c(F)c3)CC2)c(F)c1. The topological polar surface area (TPSA) is 18.5 Å². The van der Waals surface area contributed by atoms with E-state index in [0.717, 1.165) is 43.5 Å². The van der Waals surface area contributed by atoms with E-state index in [9.17, 15) is 35.1 Å². The summed E-state index contributed by atoms with van der Waals surface area (Å²) < 4.78 is 150. The van der Waals surface area contributed by atoms with Crippen LogP contribution in [0.5, 0.6) is 5.75 Å². The Hall–Kier alpha value is -4.06. The lowest BCUT2D eigenvalue weighted by atomic mass is 9.82. The second kappa shape index (κ2) is 15.4. The first kappa shape index (κ1) is 37.2. The molecular weight excluding hydrogens is 678 g/mol. The van der Waals surface area contributed by atoms with E-state index in [1.807, 2.05) is 6.92 Å². The van der Waals surface area contributed by atoms with Gasteiger partial charge < -0.3 is 9.47 Å². The highest BCUT2D eigenvalue weighted by Gasteiger charge is 2.40. The second-order valence-corrected chi connectivity index (χ2v) is 12.5. The molecule has 5 rings (SSSR count).